The number of carbonyl (C=O) groups is 1. The van der Waals surface area contributed by atoms with Gasteiger partial charge in [0.05, 0.1) is 18.7 Å². The van der Waals surface area contributed by atoms with Crippen molar-refractivity contribution in [3.05, 3.63) is 29.8 Å². The molecule has 0 amide bonds. The number of quaternary nitrogens is 1. The zero-order valence-corrected chi connectivity index (χ0v) is 8.91. The third-order valence-electron chi connectivity index (χ3n) is 3.83. The van der Waals surface area contributed by atoms with Crippen LogP contribution in [0.15, 0.2) is 24.3 Å². The summed E-state index contributed by atoms with van der Waals surface area (Å²) >= 11 is 0. The minimum absolute atomic E-state index is 0.340. The molecule has 0 aromatic heterocycles. The molecular weight excluding hydrogens is 186 g/mol. The highest BCUT2D eigenvalue weighted by Gasteiger charge is 2.43. The van der Waals surface area contributed by atoms with Crippen LogP contribution in [0.25, 0.3) is 0 Å². The number of piperidine rings is 1. The van der Waals surface area contributed by atoms with Crippen LogP contribution in [0, 0.1) is 0 Å². The Hall–Kier alpha value is -1.15. The van der Waals surface area contributed by atoms with Gasteiger partial charge in [0.2, 0.25) is 5.78 Å². The fourth-order valence-electron chi connectivity index (χ4n) is 3.08. The molecule has 0 N–H and O–H groups in total. The zero-order chi connectivity index (χ0) is 10.3. The van der Waals surface area contributed by atoms with Crippen LogP contribution >= 0.6 is 0 Å². The molecule has 2 heteroatoms. The van der Waals surface area contributed by atoms with Crippen molar-refractivity contribution in [1.29, 1.82) is 0 Å². The van der Waals surface area contributed by atoms with Crippen molar-refractivity contribution in [3.8, 4) is 0 Å². The number of hydrogen-bond acceptors (Lipinski definition) is 1. The van der Waals surface area contributed by atoms with Gasteiger partial charge in [0.1, 0.15) is 12.2 Å². The van der Waals surface area contributed by atoms with Gasteiger partial charge < -0.3 is 0 Å². The fourth-order valence-corrected chi connectivity index (χ4v) is 3.08. The van der Waals surface area contributed by atoms with E-state index in [9.17, 15) is 4.79 Å². The van der Waals surface area contributed by atoms with Crippen molar-refractivity contribution in [2.45, 2.75) is 19.3 Å². The van der Waals surface area contributed by atoms with Gasteiger partial charge in [-0.1, -0.05) is 12.1 Å². The van der Waals surface area contributed by atoms with Crippen LogP contribution in [0.2, 0.25) is 0 Å². The maximum atomic E-state index is 11.9. The van der Waals surface area contributed by atoms with Crippen molar-refractivity contribution in [3.63, 3.8) is 0 Å². The molecular formula is C13H16NO+. The molecule has 0 atom stereocenters. The second kappa shape index (κ2) is 3.17. The summed E-state index contributed by atoms with van der Waals surface area (Å²) < 4.78 is 0.939. The van der Waals surface area contributed by atoms with Crippen LogP contribution in [0.4, 0.5) is 5.69 Å². The fraction of sp³-hybridized carbons (Fsp3) is 0.462. The lowest BCUT2D eigenvalue weighted by Gasteiger charge is -2.37. The lowest BCUT2D eigenvalue weighted by Crippen LogP contribution is -2.52. The molecule has 1 fully saturated rings. The number of para-hydroxylation sites is 1. The predicted molar refractivity (Wildman–Crippen MR) is 61.0 cm³/mol. The number of Topliss-reactive ketones (excluding diaryl/α,β-unsaturated/α-hetero) is 1. The molecule has 0 unspecified atom stereocenters. The van der Waals surface area contributed by atoms with Gasteiger partial charge >= 0.3 is 0 Å². The molecule has 2 nitrogen and oxygen atoms in total. The van der Waals surface area contributed by atoms with Crippen molar-refractivity contribution < 1.29 is 4.79 Å². The lowest BCUT2D eigenvalue weighted by atomic mass is 10.1. The smallest absolute Gasteiger partial charge is 0.223 e. The maximum Gasteiger partial charge on any atom is 0.223 e. The van der Waals surface area contributed by atoms with E-state index in [1.165, 1.54) is 24.9 Å². The Morgan fingerprint density at radius 1 is 1.00 bits per heavy atom. The number of fused-ring (bicyclic) bond motifs is 2. The summed E-state index contributed by atoms with van der Waals surface area (Å²) in [5.74, 6) is 0.340. The molecule has 2 heterocycles. The highest BCUT2D eigenvalue weighted by Crippen LogP contribution is 2.37. The Morgan fingerprint density at radius 3 is 2.53 bits per heavy atom. The number of ketones is 1. The first-order valence-electron chi connectivity index (χ1n) is 5.81. The first kappa shape index (κ1) is 9.10. The highest BCUT2D eigenvalue weighted by atomic mass is 16.1. The summed E-state index contributed by atoms with van der Waals surface area (Å²) in [5.41, 5.74) is 2.25. The maximum absolute atomic E-state index is 11.9. The molecule has 1 spiro atoms. The Bertz CT molecular complexity index is 405. The van der Waals surface area contributed by atoms with Crippen molar-refractivity contribution in [2.75, 3.05) is 19.6 Å². The summed E-state index contributed by atoms with van der Waals surface area (Å²) in [4.78, 5) is 11.9. The number of nitrogens with zero attached hydrogens (tertiary/aromatic N) is 1. The summed E-state index contributed by atoms with van der Waals surface area (Å²) in [6, 6.07) is 8.17. The van der Waals surface area contributed by atoms with E-state index < -0.39 is 0 Å². The average molecular weight is 202 g/mol. The van der Waals surface area contributed by atoms with Crippen LogP contribution in [0.5, 0.6) is 0 Å². The third kappa shape index (κ3) is 1.25. The third-order valence-corrected chi connectivity index (χ3v) is 3.83. The molecule has 1 aromatic carbocycles. The molecule has 2 aliphatic heterocycles. The van der Waals surface area contributed by atoms with Gasteiger partial charge in [-0.25, -0.2) is 0 Å². The standard InChI is InChI=1S/C13H16NO/c15-13-10-14(8-4-1-5-9-14)12-7-3-2-6-11(12)13/h2-3,6-7H,1,4-5,8-10H2/q+1. The summed E-state index contributed by atoms with van der Waals surface area (Å²) in [5, 5.41) is 0. The Kier molecular flexibility index (Phi) is 1.93. The number of carbonyl (C=O) groups excluding carboxylic acids is 1. The van der Waals surface area contributed by atoms with Crippen LogP contribution in [-0.2, 0) is 0 Å². The van der Waals surface area contributed by atoms with Crippen molar-refractivity contribution >= 4 is 11.5 Å². The van der Waals surface area contributed by atoms with E-state index in [1.54, 1.807) is 0 Å². The van der Waals surface area contributed by atoms with E-state index >= 15 is 0 Å². The van der Waals surface area contributed by atoms with E-state index in [2.05, 4.69) is 12.1 Å². The number of hydrogen-bond donors (Lipinski definition) is 0. The molecule has 0 aliphatic carbocycles. The molecule has 0 bridgehead atoms. The van der Waals surface area contributed by atoms with Crippen LogP contribution in [-0.4, -0.2) is 25.4 Å². The number of rotatable bonds is 0. The second-order valence-corrected chi connectivity index (χ2v) is 4.75. The summed E-state index contributed by atoms with van der Waals surface area (Å²) in [6.07, 6.45) is 3.86. The van der Waals surface area contributed by atoms with E-state index in [-0.39, 0.29) is 0 Å². The SMILES string of the molecule is O=C1C[N+]2(CCCCC2)c2ccccc21. The normalized spacial score (nSPS) is 23.1. The van der Waals surface area contributed by atoms with Crippen molar-refractivity contribution in [1.82, 2.24) is 4.48 Å². The van der Waals surface area contributed by atoms with Gasteiger partial charge in [0.25, 0.3) is 0 Å². The minimum atomic E-state index is 0.340. The van der Waals surface area contributed by atoms with E-state index in [1.807, 2.05) is 12.1 Å². The van der Waals surface area contributed by atoms with E-state index in [0.29, 0.717) is 12.3 Å². The molecule has 0 saturated carbocycles. The van der Waals surface area contributed by atoms with Crippen LogP contribution in [0.1, 0.15) is 29.6 Å². The van der Waals surface area contributed by atoms with Gasteiger partial charge in [-0.05, 0) is 31.4 Å². The van der Waals surface area contributed by atoms with Gasteiger partial charge in [-0.15, -0.1) is 0 Å². The first-order chi connectivity index (χ1) is 7.32. The molecule has 78 valence electrons. The van der Waals surface area contributed by atoms with Gasteiger partial charge in [-0.2, -0.15) is 0 Å². The topological polar surface area (TPSA) is 17.1 Å². The second-order valence-electron chi connectivity index (χ2n) is 4.75. The average Bonchev–Trinajstić information content (AvgIpc) is 2.55. The Morgan fingerprint density at radius 2 is 1.73 bits per heavy atom. The Balaban J connectivity index is 2.10. The highest BCUT2D eigenvalue weighted by molar-refractivity contribution is 6.07. The largest absolute Gasteiger partial charge is 0.288 e. The molecule has 1 aromatic rings. The monoisotopic (exact) mass is 202 g/mol. The zero-order valence-electron chi connectivity index (χ0n) is 8.91. The molecule has 0 radical (unpaired) electrons. The molecule has 2 aliphatic rings. The molecule has 3 rings (SSSR count). The summed E-state index contributed by atoms with van der Waals surface area (Å²) in [6.45, 7) is 3.02. The molecule has 1 saturated heterocycles. The van der Waals surface area contributed by atoms with Gasteiger partial charge in [-0.3, -0.25) is 9.28 Å². The van der Waals surface area contributed by atoms with Crippen LogP contribution < -0.4 is 4.48 Å². The van der Waals surface area contributed by atoms with E-state index in [4.69, 9.17) is 0 Å². The summed E-state index contributed by atoms with van der Waals surface area (Å²) in [7, 11) is 0. The number of benzene rings is 1. The quantitative estimate of drug-likeness (QED) is 0.590. The van der Waals surface area contributed by atoms with Gasteiger partial charge in [0.15, 0.2) is 0 Å². The first-order valence-corrected chi connectivity index (χ1v) is 5.81. The minimum Gasteiger partial charge on any atom is -0.288 e. The Labute approximate surface area is 90.1 Å². The van der Waals surface area contributed by atoms with E-state index in [0.717, 1.165) is 23.1 Å². The predicted octanol–water partition coefficient (Wildman–Crippen LogP) is 2.37. The van der Waals surface area contributed by atoms with Crippen LogP contribution in [0.3, 0.4) is 0 Å². The lowest BCUT2D eigenvalue weighted by molar-refractivity contribution is 0.0958. The molecule has 15 heavy (non-hydrogen) atoms. The van der Waals surface area contributed by atoms with Gasteiger partial charge in [0, 0.05) is 0 Å². The van der Waals surface area contributed by atoms with Crippen molar-refractivity contribution in [2.24, 2.45) is 0 Å².